The van der Waals surface area contributed by atoms with Crippen molar-refractivity contribution >= 4 is 17.7 Å². The highest BCUT2D eigenvalue weighted by atomic mass is 16.5. The van der Waals surface area contributed by atoms with Crippen molar-refractivity contribution in [1.29, 1.82) is 0 Å². The molecule has 2 amide bonds. The van der Waals surface area contributed by atoms with E-state index in [0.29, 0.717) is 24.5 Å². The molecule has 106 valence electrons. The van der Waals surface area contributed by atoms with Crippen LogP contribution in [0.5, 0.6) is 0 Å². The van der Waals surface area contributed by atoms with Crippen molar-refractivity contribution in [3.8, 4) is 0 Å². The first-order chi connectivity index (χ1) is 9.72. The number of carbonyl (C=O) groups is 2. The van der Waals surface area contributed by atoms with Gasteiger partial charge in [0.25, 0.3) is 0 Å². The third-order valence-corrected chi connectivity index (χ3v) is 3.50. The van der Waals surface area contributed by atoms with E-state index >= 15 is 0 Å². The van der Waals surface area contributed by atoms with Crippen molar-refractivity contribution in [2.24, 2.45) is 0 Å². The first-order valence-corrected chi connectivity index (χ1v) is 6.68. The van der Waals surface area contributed by atoms with Crippen molar-refractivity contribution in [1.82, 2.24) is 5.32 Å². The molecule has 0 radical (unpaired) electrons. The fourth-order valence-electron chi connectivity index (χ4n) is 2.41. The van der Waals surface area contributed by atoms with Gasteiger partial charge in [-0.15, -0.1) is 0 Å². The minimum atomic E-state index is -0.307. The minimum absolute atomic E-state index is 0.156. The van der Waals surface area contributed by atoms with Crippen LogP contribution in [0.15, 0.2) is 18.2 Å². The van der Waals surface area contributed by atoms with Gasteiger partial charge in [0, 0.05) is 30.5 Å². The highest BCUT2D eigenvalue weighted by molar-refractivity contribution is 5.95. The zero-order valence-electron chi connectivity index (χ0n) is 11.0. The van der Waals surface area contributed by atoms with E-state index in [4.69, 9.17) is 9.47 Å². The van der Waals surface area contributed by atoms with E-state index in [2.05, 4.69) is 10.6 Å². The molecule has 20 heavy (non-hydrogen) atoms. The first kappa shape index (κ1) is 12.9. The molecule has 1 aromatic rings. The van der Waals surface area contributed by atoms with E-state index in [-0.39, 0.29) is 24.6 Å². The zero-order valence-corrected chi connectivity index (χ0v) is 11.0. The van der Waals surface area contributed by atoms with Gasteiger partial charge in [0.15, 0.2) is 0 Å². The zero-order chi connectivity index (χ0) is 13.9. The van der Waals surface area contributed by atoms with E-state index < -0.39 is 0 Å². The van der Waals surface area contributed by atoms with Crippen molar-refractivity contribution in [3.05, 3.63) is 29.3 Å². The normalized spacial score (nSPS) is 18.3. The number of urea groups is 1. The number of hydrogen-bond donors (Lipinski definition) is 2. The second kappa shape index (κ2) is 5.50. The van der Waals surface area contributed by atoms with Crippen LogP contribution in [-0.2, 0) is 16.1 Å². The number of ether oxygens (including phenoxy) is 2. The molecule has 3 rings (SSSR count). The van der Waals surface area contributed by atoms with Gasteiger partial charge < -0.3 is 20.1 Å². The number of anilines is 1. The molecule has 1 fully saturated rings. The third-order valence-electron chi connectivity index (χ3n) is 3.50. The molecule has 2 N–H and O–H groups in total. The Bertz CT molecular complexity index is 538. The van der Waals surface area contributed by atoms with Crippen molar-refractivity contribution < 1.29 is 19.1 Å². The van der Waals surface area contributed by atoms with Crippen molar-refractivity contribution in [2.75, 3.05) is 18.5 Å². The lowest BCUT2D eigenvalue weighted by molar-refractivity contribution is 0.0535. The molecular formula is C14H16N2O4. The summed E-state index contributed by atoms with van der Waals surface area (Å²) in [6, 6.07) is 5.07. The van der Waals surface area contributed by atoms with Crippen LogP contribution in [0.2, 0.25) is 0 Å². The summed E-state index contributed by atoms with van der Waals surface area (Å²) in [6.45, 7) is 1.64. The first-order valence-electron chi connectivity index (χ1n) is 6.68. The lowest BCUT2D eigenvalue weighted by Crippen LogP contribution is -2.41. The van der Waals surface area contributed by atoms with Gasteiger partial charge in [-0.05, 0) is 31.0 Å². The highest BCUT2D eigenvalue weighted by Gasteiger charge is 2.21. The molecule has 0 spiro atoms. The Kier molecular flexibility index (Phi) is 3.56. The summed E-state index contributed by atoms with van der Waals surface area (Å²) in [4.78, 5) is 23.2. The van der Waals surface area contributed by atoms with Gasteiger partial charge in [-0.25, -0.2) is 9.59 Å². The summed E-state index contributed by atoms with van der Waals surface area (Å²) in [7, 11) is 0. The van der Waals surface area contributed by atoms with Crippen LogP contribution in [0.3, 0.4) is 0 Å². The topological polar surface area (TPSA) is 76.7 Å². The predicted octanol–water partition coefficient (Wildman–Crippen LogP) is 1.66. The van der Waals surface area contributed by atoms with E-state index in [1.165, 1.54) is 0 Å². The second-order valence-corrected chi connectivity index (χ2v) is 4.93. The third kappa shape index (κ3) is 2.75. The monoisotopic (exact) mass is 276 g/mol. The van der Waals surface area contributed by atoms with E-state index in [0.717, 1.165) is 18.4 Å². The molecular weight excluding hydrogens is 260 g/mol. The standard InChI is InChI=1S/C14H16N2O4/c17-13-12-2-1-11(7-9(12)8-20-13)16-14(18)15-10-3-5-19-6-4-10/h1-2,7,10H,3-6,8H2,(H2,15,16,18). The van der Waals surface area contributed by atoms with Gasteiger partial charge in [-0.3, -0.25) is 0 Å². The summed E-state index contributed by atoms with van der Waals surface area (Å²) in [5.74, 6) is -0.307. The number of amides is 2. The number of rotatable bonds is 2. The highest BCUT2D eigenvalue weighted by Crippen LogP contribution is 2.23. The van der Waals surface area contributed by atoms with Crippen LogP contribution in [0.25, 0.3) is 0 Å². The molecule has 0 bridgehead atoms. The number of benzene rings is 1. The fraction of sp³-hybridized carbons (Fsp3) is 0.429. The van der Waals surface area contributed by atoms with Crippen LogP contribution in [0.1, 0.15) is 28.8 Å². The molecule has 0 unspecified atom stereocenters. The number of fused-ring (bicyclic) bond motifs is 1. The maximum Gasteiger partial charge on any atom is 0.338 e. The molecule has 6 nitrogen and oxygen atoms in total. The van der Waals surface area contributed by atoms with E-state index in [9.17, 15) is 9.59 Å². The van der Waals surface area contributed by atoms with E-state index in [1.807, 2.05) is 0 Å². The van der Waals surface area contributed by atoms with Crippen molar-refractivity contribution in [3.63, 3.8) is 0 Å². The Labute approximate surface area is 116 Å². The van der Waals surface area contributed by atoms with Gasteiger partial charge in [0.05, 0.1) is 5.56 Å². The average Bonchev–Trinajstić information content (AvgIpc) is 2.81. The minimum Gasteiger partial charge on any atom is -0.457 e. The van der Waals surface area contributed by atoms with Gasteiger partial charge in [0.1, 0.15) is 6.61 Å². The molecule has 2 aliphatic heterocycles. The number of carbonyl (C=O) groups excluding carboxylic acids is 2. The fourth-order valence-corrected chi connectivity index (χ4v) is 2.41. The molecule has 2 heterocycles. The summed E-state index contributed by atoms with van der Waals surface area (Å²) in [5.41, 5.74) is 2.03. The Hall–Kier alpha value is -2.08. The Morgan fingerprint density at radius 1 is 1.25 bits per heavy atom. The average molecular weight is 276 g/mol. The molecule has 0 atom stereocenters. The maximum atomic E-state index is 11.9. The SMILES string of the molecule is O=C(Nc1ccc2c(c1)COC2=O)NC1CCOCC1. The number of nitrogens with one attached hydrogen (secondary N) is 2. The quantitative estimate of drug-likeness (QED) is 0.805. The summed E-state index contributed by atoms with van der Waals surface area (Å²) >= 11 is 0. The van der Waals surface area contributed by atoms with Gasteiger partial charge in [0.2, 0.25) is 0 Å². The van der Waals surface area contributed by atoms with Crippen LogP contribution in [0.4, 0.5) is 10.5 Å². The molecule has 0 aliphatic carbocycles. The summed E-state index contributed by atoms with van der Waals surface area (Å²) < 4.78 is 10.2. The maximum absolute atomic E-state index is 11.9. The number of hydrogen-bond acceptors (Lipinski definition) is 4. The molecule has 0 saturated carbocycles. The lowest BCUT2D eigenvalue weighted by atomic mass is 10.1. The Morgan fingerprint density at radius 2 is 2.05 bits per heavy atom. The molecule has 2 aliphatic rings. The molecule has 1 saturated heterocycles. The van der Waals surface area contributed by atoms with Crippen molar-refractivity contribution in [2.45, 2.75) is 25.5 Å². The molecule has 1 aromatic carbocycles. The van der Waals surface area contributed by atoms with E-state index in [1.54, 1.807) is 18.2 Å². The van der Waals surface area contributed by atoms with Crippen LogP contribution < -0.4 is 10.6 Å². The summed E-state index contributed by atoms with van der Waals surface area (Å²) in [6.07, 6.45) is 1.67. The van der Waals surface area contributed by atoms with Crippen LogP contribution in [-0.4, -0.2) is 31.3 Å². The van der Waals surface area contributed by atoms with Gasteiger partial charge >= 0.3 is 12.0 Å². The van der Waals surface area contributed by atoms with Crippen LogP contribution >= 0.6 is 0 Å². The van der Waals surface area contributed by atoms with Crippen LogP contribution in [0, 0.1) is 0 Å². The number of esters is 1. The van der Waals surface area contributed by atoms with Gasteiger partial charge in [-0.1, -0.05) is 0 Å². The molecule has 6 heteroatoms. The summed E-state index contributed by atoms with van der Waals surface area (Å²) in [5, 5.41) is 5.69. The molecule has 0 aromatic heterocycles. The Balaban J connectivity index is 1.60. The van der Waals surface area contributed by atoms with Gasteiger partial charge in [-0.2, -0.15) is 0 Å². The largest absolute Gasteiger partial charge is 0.457 e. The predicted molar refractivity (Wildman–Crippen MR) is 71.6 cm³/mol. The Morgan fingerprint density at radius 3 is 2.85 bits per heavy atom. The second-order valence-electron chi connectivity index (χ2n) is 4.93. The smallest absolute Gasteiger partial charge is 0.338 e. The lowest BCUT2D eigenvalue weighted by Gasteiger charge is -2.23. The number of cyclic esters (lactones) is 1.